The Morgan fingerprint density at radius 1 is 1.19 bits per heavy atom. The first-order chi connectivity index (χ1) is 12.8. The van der Waals surface area contributed by atoms with Crippen LogP contribution in [0.3, 0.4) is 0 Å². The van der Waals surface area contributed by atoms with Gasteiger partial charge in [-0.05, 0) is 48.9 Å². The number of hydrazone groups is 1. The Bertz CT molecular complexity index is 886. The Hall–Kier alpha value is -2.77. The zero-order valence-electron chi connectivity index (χ0n) is 14.4. The smallest absolute Gasteiger partial charge is 0.344 e. The molecule has 0 saturated carbocycles. The van der Waals surface area contributed by atoms with Crippen LogP contribution >= 0.6 is 23.2 Å². The van der Waals surface area contributed by atoms with Crippen molar-refractivity contribution in [3.8, 4) is 11.5 Å². The van der Waals surface area contributed by atoms with Crippen molar-refractivity contribution in [2.75, 3.05) is 7.11 Å². The van der Waals surface area contributed by atoms with Crippen LogP contribution < -0.4 is 14.9 Å². The van der Waals surface area contributed by atoms with Crippen LogP contribution in [0.15, 0.2) is 41.5 Å². The van der Waals surface area contributed by atoms with Gasteiger partial charge in [0.1, 0.15) is 0 Å². The van der Waals surface area contributed by atoms with Gasteiger partial charge in [0.2, 0.25) is 0 Å². The number of carboxylic acid groups (broad SMARTS) is 1. The minimum atomic E-state index is -1.09. The van der Waals surface area contributed by atoms with Crippen molar-refractivity contribution < 1.29 is 24.2 Å². The van der Waals surface area contributed by atoms with Crippen molar-refractivity contribution in [1.82, 2.24) is 5.43 Å². The van der Waals surface area contributed by atoms with Crippen molar-refractivity contribution in [3.63, 3.8) is 0 Å². The number of rotatable bonds is 7. The van der Waals surface area contributed by atoms with Crippen molar-refractivity contribution in [3.05, 3.63) is 57.6 Å². The molecule has 0 unspecified atom stereocenters. The van der Waals surface area contributed by atoms with E-state index in [0.717, 1.165) is 0 Å². The Kier molecular flexibility index (Phi) is 7.04. The molecular formula is C18H16Cl2N2O5. The van der Waals surface area contributed by atoms with Crippen LogP contribution in [0.5, 0.6) is 11.5 Å². The molecule has 2 N–H and O–H groups in total. The Balaban J connectivity index is 2.08. The van der Waals surface area contributed by atoms with E-state index in [1.165, 1.54) is 32.4 Å². The third-order valence-electron chi connectivity index (χ3n) is 3.39. The lowest BCUT2D eigenvalue weighted by Crippen LogP contribution is -2.23. The van der Waals surface area contributed by atoms with Crippen LogP contribution in [0.1, 0.15) is 22.8 Å². The van der Waals surface area contributed by atoms with Crippen LogP contribution in [0, 0.1) is 0 Å². The maximum Gasteiger partial charge on any atom is 0.344 e. The average molecular weight is 411 g/mol. The van der Waals surface area contributed by atoms with Gasteiger partial charge in [0.15, 0.2) is 17.6 Å². The monoisotopic (exact) mass is 410 g/mol. The van der Waals surface area contributed by atoms with Crippen molar-refractivity contribution >= 4 is 41.3 Å². The maximum atomic E-state index is 12.1. The van der Waals surface area contributed by atoms with Gasteiger partial charge in [0, 0.05) is 5.02 Å². The topological polar surface area (TPSA) is 97.2 Å². The van der Waals surface area contributed by atoms with E-state index in [9.17, 15) is 9.59 Å². The van der Waals surface area contributed by atoms with Crippen molar-refractivity contribution in [2.24, 2.45) is 5.10 Å². The van der Waals surface area contributed by atoms with Gasteiger partial charge in [-0.3, -0.25) is 4.79 Å². The molecule has 0 aliphatic rings. The number of carboxylic acids is 1. The molecule has 9 heteroatoms. The summed E-state index contributed by atoms with van der Waals surface area (Å²) in [6.45, 7) is 1.41. The highest BCUT2D eigenvalue weighted by atomic mass is 35.5. The molecule has 0 bridgehead atoms. The maximum absolute atomic E-state index is 12.1. The largest absolute Gasteiger partial charge is 0.493 e. The molecule has 0 aliphatic carbocycles. The van der Waals surface area contributed by atoms with Crippen molar-refractivity contribution in [2.45, 2.75) is 13.0 Å². The number of halogens is 2. The third-order valence-corrected chi connectivity index (χ3v) is 3.94. The van der Waals surface area contributed by atoms with E-state index < -0.39 is 18.0 Å². The second-order valence-corrected chi connectivity index (χ2v) is 6.18. The predicted molar refractivity (Wildman–Crippen MR) is 102 cm³/mol. The van der Waals surface area contributed by atoms with Crippen LogP contribution in [-0.2, 0) is 4.79 Å². The number of amides is 1. The highest BCUT2D eigenvalue weighted by Crippen LogP contribution is 2.28. The molecule has 0 saturated heterocycles. The molecule has 2 aromatic carbocycles. The molecule has 0 aliphatic heterocycles. The van der Waals surface area contributed by atoms with Crippen LogP contribution in [-0.4, -0.2) is 36.4 Å². The lowest BCUT2D eigenvalue weighted by Gasteiger charge is -2.14. The van der Waals surface area contributed by atoms with E-state index in [-0.39, 0.29) is 16.3 Å². The van der Waals surface area contributed by atoms with E-state index in [1.54, 1.807) is 24.3 Å². The summed E-state index contributed by atoms with van der Waals surface area (Å²) in [7, 11) is 1.43. The SMILES string of the molecule is COc1cc(/C=N\NC(=O)c2ccc(Cl)cc2Cl)ccc1O[C@H](C)C(=O)O. The van der Waals surface area contributed by atoms with Crippen LogP contribution in [0.4, 0.5) is 0 Å². The van der Waals surface area contributed by atoms with Gasteiger partial charge in [-0.1, -0.05) is 23.2 Å². The highest BCUT2D eigenvalue weighted by molar-refractivity contribution is 6.36. The lowest BCUT2D eigenvalue weighted by atomic mass is 10.2. The molecule has 142 valence electrons. The van der Waals surface area contributed by atoms with Gasteiger partial charge in [0.25, 0.3) is 5.91 Å². The number of hydrogen-bond donors (Lipinski definition) is 2. The summed E-state index contributed by atoms with van der Waals surface area (Å²) < 4.78 is 10.5. The highest BCUT2D eigenvalue weighted by Gasteiger charge is 2.15. The van der Waals surface area contributed by atoms with Crippen LogP contribution in [0.25, 0.3) is 0 Å². The summed E-state index contributed by atoms with van der Waals surface area (Å²) in [6.07, 6.45) is 0.371. The average Bonchev–Trinajstić information content (AvgIpc) is 2.62. The molecule has 0 aromatic heterocycles. The zero-order chi connectivity index (χ0) is 20.0. The van der Waals surface area contributed by atoms with Crippen LogP contribution in [0.2, 0.25) is 10.0 Å². The number of nitrogens with zero attached hydrogens (tertiary/aromatic N) is 1. The second-order valence-electron chi connectivity index (χ2n) is 5.33. The van der Waals surface area contributed by atoms with Gasteiger partial charge in [0.05, 0.1) is 23.9 Å². The molecule has 2 aromatic rings. The number of methoxy groups -OCH3 is 1. The van der Waals surface area contributed by atoms with Gasteiger partial charge in [-0.2, -0.15) is 5.10 Å². The summed E-state index contributed by atoms with van der Waals surface area (Å²) in [6, 6.07) is 9.29. The molecule has 1 amide bonds. The third kappa shape index (κ3) is 5.60. The number of nitrogens with one attached hydrogen (secondary N) is 1. The fraction of sp³-hybridized carbons (Fsp3) is 0.167. The Morgan fingerprint density at radius 2 is 1.93 bits per heavy atom. The summed E-state index contributed by atoms with van der Waals surface area (Å²) >= 11 is 11.8. The van der Waals surface area contributed by atoms with E-state index in [2.05, 4.69) is 10.5 Å². The van der Waals surface area contributed by atoms with E-state index in [0.29, 0.717) is 16.3 Å². The summed E-state index contributed by atoms with van der Waals surface area (Å²) in [5, 5.41) is 13.4. The van der Waals surface area contributed by atoms with Gasteiger partial charge >= 0.3 is 5.97 Å². The standard InChI is InChI=1S/C18H16Cl2N2O5/c1-10(18(24)25)27-15-6-3-11(7-16(15)26-2)9-21-22-17(23)13-5-4-12(19)8-14(13)20/h3-10H,1-2H3,(H,22,23)(H,24,25)/b21-9-/t10-/m1/s1. The number of benzene rings is 2. The van der Waals surface area contributed by atoms with E-state index in [1.807, 2.05) is 0 Å². The first-order valence-electron chi connectivity index (χ1n) is 7.67. The minimum Gasteiger partial charge on any atom is -0.493 e. The molecule has 0 radical (unpaired) electrons. The normalized spacial score (nSPS) is 11.9. The molecule has 2 rings (SSSR count). The Morgan fingerprint density at radius 3 is 2.56 bits per heavy atom. The molecule has 0 heterocycles. The first-order valence-corrected chi connectivity index (χ1v) is 8.43. The summed E-state index contributed by atoms with van der Waals surface area (Å²) in [5.41, 5.74) is 3.20. The number of carbonyl (C=O) groups is 2. The zero-order valence-corrected chi connectivity index (χ0v) is 15.9. The van der Waals surface area contributed by atoms with Gasteiger partial charge < -0.3 is 14.6 Å². The molecule has 7 nitrogen and oxygen atoms in total. The van der Waals surface area contributed by atoms with E-state index >= 15 is 0 Å². The molecule has 27 heavy (non-hydrogen) atoms. The summed E-state index contributed by atoms with van der Waals surface area (Å²) in [5.74, 6) is -0.970. The number of carbonyl (C=O) groups excluding carboxylic acids is 1. The molecule has 0 spiro atoms. The first kappa shape index (κ1) is 20.5. The van der Waals surface area contributed by atoms with Crippen molar-refractivity contribution in [1.29, 1.82) is 0 Å². The van der Waals surface area contributed by atoms with Gasteiger partial charge in [-0.15, -0.1) is 0 Å². The van der Waals surface area contributed by atoms with Gasteiger partial charge in [-0.25, -0.2) is 10.2 Å². The number of hydrogen-bond acceptors (Lipinski definition) is 5. The second kappa shape index (κ2) is 9.25. The quantitative estimate of drug-likeness (QED) is 0.536. The Labute approximate surface area is 165 Å². The fourth-order valence-corrected chi connectivity index (χ4v) is 2.50. The number of aliphatic carboxylic acids is 1. The molecular weight excluding hydrogens is 395 g/mol. The number of ether oxygens (including phenoxy) is 2. The predicted octanol–water partition coefficient (Wildman–Crippen LogP) is 3.62. The molecule has 1 atom stereocenters. The summed E-state index contributed by atoms with van der Waals surface area (Å²) in [4.78, 5) is 23.0. The fourth-order valence-electron chi connectivity index (χ4n) is 2.00. The minimum absolute atomic E-state index is 0.214. The van der Waals surface area contributed by atoms with E-state index in [4.69, 9.17) is 37.8 Å². The molecule has 0 fully saturated rings. The lowest BCUT2D eigenvalue weighted by molar-refractivity contribution is -0.144.